The van der Waals surface area contributed by atoms with Gasteiger partial charge in [0, 0.05) is 36.6 Å². The molecule has 2 N–H and O–H groups in total. The minimum absolute atomic E-state index is 0.00131. The van der Waals surface area contributed by atoms with Gasteiger partial charge >= 0.3 is 0 Å². The number of halogens is 1. The molecule has 0 spiro atoms. The number of imidazole rings is 1. The Balaban J connectivity index is 1.64. The number of hydrogen-bond acceptors (Lipinski definition) is 5. The average molecular weight is 344 g/mol. The predicted molar refractivity (Wildman–Crippen MR) is 96.2 cm³/mol. The summed E-state index contributed by atoms with van der Waals surface area (Å²) in [5.74, 6) is 1.36. The number of aromatic nitrogens is 3. The van der Waals surface area contributed by atoms with Gasteiger partial charge in [0.2, 0.25) is 11.8 Å². The van der Waals surface area contributed by atoms with Crippen molar-refractivity contribution in [2.24, 2.45) is 4.99 Å². The highest BCUT2D eigenvalue weighted by atomic mass is 35.5. The zero-order valence-electron chi connectivity index (χ0n) is 13.2. The predicted octanol–water partition coefficient (Wildman–Crippen LogP) is 3.80. The van der Waals surface area contributed by atoms with Crippen molar-refractivity contribution in [3.8, 4) is 5.88 Å². The first-order chi connectivity index (χ1) is 11.7. The van der Waals surface area contributed by atoms with Gasteiger partial charge in [-0.1, -0.05) is 24.4 Å². The Bertz CT molecular complexity index is 818. The van der Waals surface area contributed by atoms with E-state index in [0.29, 0.717) is 16.5 Å². The van der Waals surface area contributed by atoms with Crippen molar-refractivity contribution in [1.82, 2.24) is 15.0 Å². The number of nitrogens with zero attached hydrogens (tertiary/aromatic N) is 4. The maximum atomic E-state index is 10.2. The van der Waals surface area contributed by atoms with Gasteiger partial charge in [-0.25, -0.2) is 9.98 Å². The monoisotopic (exact) mass is 343 g/mol. The third kappa shape index (κ3) is 2.89. The summed E-state index contributed by atoms with van der Waals surface area (Å²) in [7, 11) is 0. The lowest BCUT2D eigenvalue weighted by Gasteiger charge is -2.18. The van der Waals surface area contributed by atoms with E-state index in [-0.39, 0.29) is 5.88 Å². The van der Waals surface area contributed by atoms with Crippen molar-refractivity contribution in [3.05, 3.63) is 28.5 Å². The smallest absolute Gasteiger partial charge is 0.238 e. The van der Waals surface area contributed by atoms with Crippen LogP contribution in [-0.4, -0.2) is 39.4 Å². The lowest BCUT2D eigenvalue weighted by Crippen LogP contribution is -2.24. The second-order valence-corrected chi connectivity index (χ2v) is 6.52. The molecule has 1 saturated heterocycles. The van der Waals surface area contributed by atoms with Crippen LogP contribution in [0.25, 0.3) is 11.6 Å². The van der Waals surface area contributed by atoms with Gasteiger partial charge < -0.3 is 15.0 Å². The molecule has 2 aromatic rings. The number of allylic oxidation sites excluding steroid dienone is 1. The van der Waals surface area contributed by atoms with E-state index in [1.807, 2.05) is 12.1 Å². The molecule has 0 aliphatic carbocycles. The summed E-state index contributed by atoms with van der Waals surface area (Å²) in [6.45, 7) is 1.93. The van der Waals surface area contributed by atoms with E-state index in [2.05, 4.69) is 24.8 Å². The molecule has 0 atom stereocenters. The van der Waals surface area contributed by atoms with E-state index >= 15 is 0 Å². The molecule has 1 fully saturated rings. The topological polar surface area (TPSA) is 77.4 Å². The Morgan fingerprint density at radius 3 is 2.79 bits per heavy atom. The first-order valence-corrected chi connectivity index (χ1v) is 8.54. The van der Waals surface area contributed by atoms with Crippen LogP contribution in [0, 0.1) is 0 Å². The molecule has 24 heavy (non-hydrogen) atoms. The molecular formula is C17H18ClN5O. The van der Waals surface area contributed by atoms with Crippen LogP contribution in [0.2, 0.25) is 5.02 Å². The number of anilines is 1. The van der Waals surface area contributed by atoms with Gasteiger partial charge in [0.25, 0.3) is 0 Å². The fraction of sp³-hybridized carbons (Fsp3) is 0.353. The molecule has 2 aliphatic rings. The highest BCUT2D eigenvalue weighted by Crippen LogP contribution is 2.34. The van der Waals surface area contributed by atoms with E-state index in [9.17, 15) is 5.11 Å². The zero-order chi connectivity index (χ0) is 16.5. The van der Waals surface area contributed by atoms with Crippen molar-refractivity contribution in [2.45, 2.75) is 25.7 Å². The summed E-state index contributed by atoms with van der Waals surface area (Å²) in [5, 5.41) is 10.8. The highest BCUT2D eigenvalue weighted by Gasteiger charge is 2.18. The minimum Gasteiger partial charge on any atom is -0.492 e. The Morgan fingerprint density at radius 1 is 1.21 bits per heavy atom. The Kier molecular flexibility index (Phi) is 3.98. The van der Waals surface area contributed by atoms with Gasteiger partial charge in [-0.2, -0.15) is 4.98 Å². The third-order valence-corrected chi connectivity index (χ3v) is 4.58. The fourth-order valence-corrected chi connectivity index (χ4v) is 3.27. The molecule has 4 heterocycles. The van der Waals surface area contributed by atoms with Crippen LogP contribution in [0.3, 0.4) is 0 Å². The van der Waals surface area contributed by atoms with E-state index in [1.165, 1.54) is 12.8 Å². The van der Waals surface area contributed by atoms with Crippen molar-refractivity contribution in [2.75, 3.05) is 18.0 Å². The molecule has 0 saturated carbocycles. The summed E-state index contributed by atoms with van der Waals surface area (Å²) in [6.07, 6.45) is 9.94. The van der Waals surface area contributed by atoms with Crippen molar-refractivity contribution < 1.29 is 5.11 Å². The Hall–Kier alpha value is -2.34. The number of aliphatic imine (C=N–C) groups is 1. The second kappa shape index (κ2) is 6.28. The highest BCUT2D eigenvalue weighted by molar-refractivity contribution is 6.31. The average Bonchev–Trinajstić information content (AvgIpc) is 3.01. The first-order valence-electron chi connectivity index (χ1n) is 8.16. The van der Waals surface area contributed by atoms with E-state index in [0.717, 1.165) is 43.0 Å². The largest absolute Gasteiger partial charge is 0.492 e. The lowest BCUT2D eigenvalue weighted by molar-refractivity contribution is 0.455. The van der Waals surface area contributed by atoms with Gasteiger partial charge in [-0.3, -0.25) is 0 Å². The second-order valence-electron chi connectivity index (χ2n) is 6.08. The summed E-state index contributed by atoms with van der Waals surface area (Å²) >= 11 is 6.02. The first kappa shape index (κ1) is 15.2. The van der Waals surface area contributed by atoms with Crippen LogP contribution in [0.1, 0.15) is 36.9 Å². The third-order valence-electron chi connectivity index (χ3n) is 4.37. The SMILES string of the molecule is Oc1nc(N2CCCCCC2)[nH]c1C=C1C=Nc2ncc(Cl)cc21. The summed E-state index contributed by atoms with van der Waals surface area (Å²) in [5.41, 5.74) is 2.28. The molecule has 2 aliphatic heterocycles. The number of hydrogen-bond donors (Lipinski definition) is 2. The number of H-pyrrole nitrogens is 1. The molecule has 0 amide bonds. The van der Waals surface area contributed by atoms with Gasteiger partial charge in [0.05, 0.1) is 5.02 Å². The van der Waals surface area contributed by atoms with Crippen LogP contribution in [0.4, 0.5) is 11.8 Å². The number of nitrogens with one attached hydrogen (secondary N) is 1. The van der Waals surface area contributed by atoms with Crippen LogP contribution in [-0.2, 0) is 0 Å². The lowest BCUT2D eigenvalue weighted by atomic mass is 10.1. The molecule has 2 aromatic heterocycles. The number of rotatable bonds is 2. The van der Waals surface area contributed by atoms with Crippen LogP contribution in [0.15, 0.2) is 17.3 Å². The van der Waals surface area contributed by atoms with Crippen LogP contribution >= 0.6 is 11.6 Å². The Morgan fingerprint density at radius 2 is 2.00 bits per heavy atom. The number of fused-ring (bicyclic) bond motifs is 1. The van der Waals surface area contributed by atoms with Gasteiger partial charge in [-0.05, 0) is 25.0 Å². The number of aromatic amines is 1. The molecule has 7 heteroatoms. The van der Waals surface area contributed by atoms with E-state index in [1.54, 1.807) is 12.4 Å². The Labute approximate surface area is 144 Å². The van der Waals surface area contributed by atoms with Crippen molar-refractivity contribution in [1.29, 1.82) is 0 Å². The zero-order valence-corrected chi connectivity index (χ0v) is 13.9. The molecule has 0 unspecified atom stereocenters. The molecular weight excluding hydrogens is 326 g/mol. The molecule has 0 radical (unpaired) electrons. The van der Waals surface area contributed by atoms with Crippen molar-refractivity contribution in [3.63, 3.8) is 0 Å². The van der Waals surface area contributed by atoms with Crippen LogP contribution in [0.5, 0.6) is 5.88 Å². The number of pyridine rings is 1. The van der Waals surface area contributed by atoms with Crippen molar-refractivity contribution >= 4 is 41.2 Å². The van der Waals surface area contributed by atoms with E-state index in [4.69, 9.17) is 11.6 Å². The van der Waals surface area contributed by atoms with Gasteiger partial charge in [-0.15, -0.1) is 0 Å². The molecule has 0 bridgehead atoms. The standard InChI is InChI=1S/C17H18ClN5O/c18-12-8-13-11(9-19-15(13)20-10-12)7-14-16(24)22-17(21-14)23-5-3-1-2-4-6-23/h7-10,24H,1-6H2,(H,21,22). The normalized spacial score (nSPS) is 18.9. The maximum Gasteiger partial charge on any atom is 0.238 e. The summed E-state index contributed by atoms with van der Waals surface area (Å²) in [4.78, 5) is 18.2. The fourth-order valence-electron chi connectivity index (χ4n) is 3.12. The molecule has 0 aromatic carbocycles. The molecule has 124 valence electrons. The summed E-state index contributed by atoms with van der Waals surface area (Å²) in [6, 6.07) is 1.83. The van der Waals surface area contributed by atoms with Gasteiger partial charge in [0.1, 0.15) is 5.69 Å². The maximum absolute atomic E-state index is 10.2. The summed E-state index contributed by atoms with van der Waals surface area (Å²) < 4.78 is 0. The van der Waals surface area contributed by atoms with Crippen LogP contribution < -0.4 is 4.90 Å². The minimum atomic E-state index is -0.00131. The quantitative estimate of drug-likeness (QED) is 0.869. The molecule has 4 rings (SSSR count). The molecule has 6 nitrogen and oxygen atoms in total. The van der Waals surface area contributed by atoms with Gasteiger partial charge in [0.15, 0.2) is 5.82 Å². The number of aromatic hydroxyl groups is 1. The van der Waals surface area contributed by atoms with E-state index < -0.39 is 0 Å².